The van der Waals surface area contributed by atoms with Gasteiger partial charge in [-0.1, -0.05) is 12.8 Å². The topological polar surface area (TPSA) is 53.7 Å². The van der Waals surface area contributed by atoms with E-state index in [2.05, 4.69) is 15.9 Å². The van der Waals surface area contributed by atoms with Gasteiger partial charge in [0, 0.05) is 6.04 Å². The molecule has 4 nitrogen and oxygen atoms in total. The molecule has 0 aliphatic heterocycles. The van der Waals surface area contributed by atoms with Crippen molar-refractivity contribution in [3.63, 3.8) is 0 Å². The van der Waals surface area contributed by atoms with Gasteiger partial charge in [-0.05, 0) is 47.8 Å². The normalized spacial score (nSPS) is 18.4. The predicted octanol–water partition coefficient (Wildman–Crippen LogP) is 3.43. The SMILES string of the molecule is CC(c1ccc(Br)o1)N(CC(=O)O)C1CCCC1. The molecule has 5 heteroatoms. The molecule has 1 aromatic heterocycles. The Kier molecular flexibility index (Phi) is 4.45. The van der Waals surface area contributed by atoms with Crippen LogP contribution in [0.2, 0.25) is 0 Å². The Morgan fingerprint density at radius 1 is 1.56 bits per heavy atom. The van der Waals surface area contributed by atoms with Crippen LogP contribution < -0.4 is 0 Å². The lowest BCUT2D eigenvalue weighted by atomic mass is 10.1. The van der Waals surface area contributed by atoms with E-state index in [0.29, 0.717) is 10.7 Å². The standard InChI is InChI=1S/C13H18BrNO3/c1-9(11-6-7-12(14)18-11)15(8-13(16)17)10-4-2-3-5-10/h6-7,9-10H,2-5,8H2,1H3,(H,16,17). The summed E-state index contributed by atoms with van der Waals surface area (Å²) < 4.78 is 6.24. The molecule has 1 N–H and O–H groups in total. The fraction of sp³-hybridized carbons (Fsp3) is 0.615. The zero-order valence-corrected chi connectivity index (χ0v) is 12.0. The number of furan rings is 1. The molecule has 0 amide bonds. The van der Waals surface area contributed by atoms with Crippen LogP contribution in [0.25, 0.3) is 0 Å². The number of hydrogen-bond donors (Lipinski definition) is 1. The van der Waals surface area contributed by atoms with Gasteiger partial charge < -0.3 is 9.52 Å². The number of hydrogen-bond acceptors (Lipinski definition) is 3. The summed E-state index contributed by atoms with van der Waals surface area (Å²) in [5, 5.41) is 9.06. The first-order chi connectivity index (χ1) is 8.58. The van der Waals surface area contributed by atoms with E-state index in [1.54, 1.807) is 0 Å². The van der Waals surface area contributed by atoms with Gasteiger partial charge in [-0.25, -0.2) is 0 Å². The molecule has 1 aromatic rings. The minimum Gasteiger partial charge on any atom is -0.480 e. The fourth-order valence-corrected chi connectivity index (χ4v) is 3.01. The summed E-state index contributed by atoms with van der Waals surface area (Å²) in [6, 6.07) is 4.10. The maximum Gasteiger partial charge on any atom is 0.317 e. The summed E-state index contributed by atoms with van der Waals surface area (Å²) in [4.78, 5) is 13.1. The van der Waals surface area contributed by atoms with Crippen molar-refractivity contribution in [2.75, 3.05) is 6.54 Å². The zero-order valence-electron chi connectivity index (χ0n) is 10.4. The first-order valence-corrected chi connectivity index (χ1v) is 7.10. The minimum absolute atomic E-state index is 0.00417. The van der Waals surface area contributed by atoms with Crippen molar-refractivity contribution in [1.29, 1.82) is 0 Å². The Bertz CT molecular complexity index is 412. The van der Waals surface area contributed by atoms with Gasteiger partial charge in [0.25, 0.3) is 0 Å². The van der Waals surface area contributed by atoms with Crippen LogP contribution in [-0.2, 0) is 4.79 Å². The molecule has 2 rings (SSSR count). The molecule has 0 bridgehead atoms. The molecule has 1 aliphatic rings. The Labute approximate surface area is 115 Å². The quantitative estimate of drug-likeness (QED) is 0.904. The van der Waals surface area contributed by atoms with E-state index >= 15 is 0 Å². The second-order valence-electron chi connectivity index (χ2n) is 4.82. The van der Waals surface area contributed by atoms with Gasteiger partial charge in [0.05, 0.1) is 12.6 Å². The van der Waals surface area contributed by atoms with Gasteiger partial charge in [-0.15, -0.1) is 0 Å². The minimum atomic E-state index is -0.778. The molecule has 0 spiro atoms. The van der Waals surface area contributed by atoms with Gasteiger partial charge >= 0.3 is 5.97 Å². The van der Waals surface area contributed by atoms with Crippen LogP contribution >= 0.6 is 15.9 Å². The highest BCUT2D eigenvalue weighted by Crippen LogP contribution is 2.32. The van der Waals surface area contributed by atoms with Crippen LogP contribution in [0.3, 0.4) is 0 Å². The smallest absolute Gasteiger partial charge is 0.317 e. The first-order valence-electron chi connectivity index (χ1n) is 6.30. The van der Waals surface area contributed by atoms with E-state index in [-0.39, 0.29) is 12.6 Å². The van der Waals surface area contributed by atoms with E-state index < -0.39 is 5.97 Å². The molecular formula is C13H18BrNO3. The lowest BCUT2D eigenvalue weighted by Crippen LogP contribution is -2.39. The molecule has 0 aromatic carbocycles. The third kappa shape index (κ3) is 3.14. The number of aliphatic carboxylic acids is 1. The summed E-state index contributed by atoms with van der Waals surface area (Å²) in [7, 11) is 0. The molecule has 0 saturated heterocycles. The van der Waals surface area contributed by atoms with E-state index in [0.717, 1.165) is 18.6 Å². The van der Waals surface area contributed by atoms with Crippen molar-refractivity contribution < 1.29 is 14.3 Å². The number of carbonyl (C=O) groups is 1. The highest BCUT2D eigenvalue weighted by Gasteiger charge is 2.30. The monoisotopic (exact) mass is 315 g/mol. The lowest BCUT2D eigenvalue weighted by molar-refractivity contribution is -0.139. The molecule has 100 valence electrons. The maximum atomic E-state index is 11.0. The van der Waals surface area contributed by atoms with Gasteiger partial charge in [0.1, 0.15) is 5.76 Å². The number of nitrogens with zero attached hydrogens (tertiary/aromatic N) is 1. The number of carboxylic acids is 1. The van der Waals surface area contributed by atoms with E-state index in [9.17, 15) is 4.79 Å². The molecule has 18 heavy (non-hydrogen) atoms. The first kappa shape index (κ1) is 13.6. The van der Waals surface area contributed by atoms with Crippen LogP contribution in [-0.4, -0.2) is 28.6 Å². The van der Waals surface area contributed by atoms with E-state index in [1.807, 2.05) is 24.0 Å². The number of rotatable bonds is 5. The molecule has 1 atom stereocenters. The summed E-state index contributed by atoms with van der Waals surface area (Å²) >= 11 is 3.28. The second-order valence-corrected chi connectivity index (χ2v) is 5.60. The molecule has 0 radical (unpaired) electrons. The highest BCUT2D eigenvalue weighted by atomic mass is 79.9. The van der Waals surface area contributed by atoms with Crippen molar-refractivity contribution in [2.45, 2.75) is 44.7 Å². The molecule has 1 unspecified atom stereocenters. The second kappa shape index (κ2) is 5.89. The van der Waals surface area contributed by atoms with Crippen LogP contribution in [0.5, 0.6) is 0 Å². The average molecular weight is 316 g/mol. The molecule has 1 heterocycles. The van der Waals surface area contributed by atoms with Crippen molar-refractivity contribution in [3.05, 3.63) is 22.6 Å². The third-order valence-corrected chi connectivity index (χ3v) is 4.04. The van der Waals surface area contributed by atoms with Crippen molar-refractivity contribution in [3.8, 4) is 0 Å². The van der Waals surface area contributed by atoms with E-state index in [1.165, 1.54) is 12.8 Å². The maximum absolute atomic E-state index is 11.0. The fourth-order valence-electron chi connectivity index (χ4n) is 2.69. The van der Waals surface area contributed by atoms with Crippen LogP contribution in [0.4, 0.5) is 0 Å². The zero-order chi connectivity index (χ0) is 13.1. The molecule has 1 fully saturated rings. The molecule has 1 saturated carbocycles. The van der Waals surface area contributed by atoms with Crippen LogP contribution in [0, 0.1) is 0 Å². The lowest BCUT2D eigenvalue weighted by Gasteiger charge is -2.31. The van der Waals surface area contributed by atoms with Gasteiger partial charge in [-0.3, -0.25) is 9.69 Å². The van der Waals surface area contributed by atoms with Crippen molar-refractivity contribution in [1.82, 2.24) is 4.90 Å². The van der Waals surface area contributed by atoms with Crippen LogP contribution in [0.15, 0.2) is 21.2 Å². The summed E-state index contributed by atoms with van der Waals surface area (Å²) in [6.07, 6.45) is 4.55. The Morgan fingerprint density at radius 3 is 2.72 bits per heavy atom. The summed E-state index contributed by atoms with van der Waals surface area (Å²) in [6.45, 7) is 2.08. The average Bonchev–Trinajstić information content (AvgIpc) is 2.95. The van der Waals surface area contributed by atoms with E-state index in [4.69, 9.17) is 9.52 Å². The Hall–Kier alpha value is -0.810. The summed E-state index contributed by atoms with van der Waals surface area (Å²) in [5.41, 5.74) is 0. The summed E-state index contributed by atoms with van der Waals surface area (Å²) in [5.74, 6) is 0.0365. The van der Waals surface area contributed by atoms with Crippen molar-refractivity contribution >= 4 is 21.9 Å². The van der Waals surface area contributed by atoms with Crippen LogP contribution in [0.1, 0.15) is 44.4 Å². The number of carboxylic acid groups (broad SMARTS) is 1. The molecular weight excluding hydrogens is 298 g/mol. The highest BCUT2D eigenvalue weighted by molar-refractivity contribution is 9.10. The number of halogens is 1. The third-order valence-electron chi connectivity index (χ3n) is 3.61. The van der Waals surface area contributed by atoms with Gasteiger partial charge in [0.2, 0.25) is 0 Å². The molecule has 1 aliphatic carbocycles. The van der Waals surface area contributed by atoms with Crippen molar-refractivity contribution in [2.24, 2.45) is 0 Å². The van der Waals surface area contributed by atoms with Gasteiger partial charge in [-0.2, -0.15) is 0 Å². The Morgan fingerprint density at radius 2 is 2.22 bits per heavy atom. The van der Waals surface area contributed by atoms with Gasteiger partial charge in [0.15, 0.2) is 4.67 Å². The Balaban J connectivity index is 2.14. The largest absolute Gasteiger partial charge is 0.480 e. The predicted molar refractivity (Wildman–Crippen MR) is 71.4 cm³/mol.